The van der Waals surface area contributed by atoms with Crippen molar-refractivity contribution in [1.29, 1.82) is 0 Å². The van der Waals surface area contributed by atoms with Crippen LogP contribution in [0.2, 0.25) is 0 Å². The van der Waals surface area contributed by atoms with Crippen LogP contribution < -0.4 is 9.80 Å². The van der Waals surface area contributed by atoms with Gasteiger partial charge < -0.3 is 9.80 Å². The summed E-state index contributed by atoms with van der Waals surface area (Å²) < 4.78 is 0. The highest BCUT2D eigenvalue weighted by Crippen LogP contribution is 2.59. The molecule has 0 amide bonds. The summed E-state index contributed by atoms with van der Waals surface area (Å²) in [5.41, 5.74) is 20.3. The summed E-state index contributed by atoms with van der Waals surface area (Å²) in [6, 6.07) is 75.3. The molecule has 8 aromatic carbocycles. The van der Waals surface area contributed by atoms with Gasteiger partial charge >= 0.3 is 0 Å². The predicted octanol–water partition coefficient (Wildman–Crippen LogP) is 16.0. The van der Waals surface area contributed by atoms with Gasteiger partial charge in [0.2, 0.25) is 0 Å². The Morgan fingerprint density at radius 3 is 0.933 bits per heavy atom. The normalized spacial score (nSPS) is 14.7. The Labute approximate surface area is 355 Å². The first-order valence-electron chi connectivity index (χ1n) is 21.3. The molecular formula is C58H50N2. The second-order valence-corrected chi connectivity index (χ2v) is 17.7. The van der Waals surface area contributed by atoms with E-state index in [1.54, 1.807) is 0 Å². The maximum Gasteiger partial charge on any atom is 0.0464 e. The standard InChI is InChI=1S/C58H50N2/c1-57(2)39-45-37-51(59(47-21-13-7-14-22-47)49-29-25-43(26-30-49)41-17-9-5-10-18-41)34-36-54(45)56-55(57)53-35-33-52(38-46(53)40-58(56,3)4)60(48-23-15-8-16-24-48)50-31-27-44(28-32-50)42-19-11-6-12-20-42/h5-38H,39-40H2,1-4H3. The van der Waals surface area contributed by atoms with E-state index in [4.69, 9.17) is 0 Å². The van der Waals surface area contributed by atoms with Crippen molar-refractivity contribution >= 4 is 45.3 Å². The molecule has 0 fully saturated rings. The fourth-order valence-electron chi connectivity index (χ4n) is 9.94. The number of benzene rings is 8. The lowest BCUT2D eigenvalue weighted by Crippen LogP contribution is -2.33. The molecule has 0 aromatic heterocycles. The minimum absolute atomic E-state index is 0.0732. The summed E-state index contributed by atoms with van der Waals surface area (Å²) in [6.07, 6.45) is 1.93. The molecule has 0 heterocycles. The SMILES string of the molecule is CC1(C)Cc2cc(N(c3ccccc3)c3ccc(-c4ccccc4)cc3)ccc2C2=C1c1ccc(N(c3ccccc3)c3ccc(-c4ccccc4)cc3)cc1CC2(C)C. The van der Waals surface area contributed by atoms with Gasteiger partial charge in [0.25, 0.3) is 0 Å². The molecule has 0 saturated carbocycles. The molecule has 292 valence electrons. The molecule has 0 aliphatic heterocycles. The molecule has 0 unspecified atom stereocenters. The summed E-state index contributed by atoms with van der Waals surface area (Å²) in [4.78, 5) is 4.81. The first-order valence-corrected chi connectivity index (χ1v) is 21.3. The van der Waals surface area contributed by atoms with E-state index in [1.165, 1.54) is 67.0 Å². The van der Waals surface area contributed by atoms with Crippen LogP contribution in [-0.4, -0.2) is 0 Å². The van der Waals surface area contributed by atoms with Crippen LogP contribution in [0.25, 0.3) is 33.4 Å². The molecule has 0 bridgehead atoms. The van der Waals surface area contributed by atoms with E-state index in [-0.39, 0.29) is 10.8 Å². The molecule has 0 radical (unpaired) electrons. The highest BCUT2D eigenvalue weighted by molar-refractivity contribution is 6.01. The van der Waals surface area contributed by atoms with Gasteiger partial charge in [0, 0.05) is 34.1 Å². The van der Waals surface area contributed by atoms with Gasteiger partial charge in [0.1, 0.15) is 0 Å². The Hall–Kier alpha value is -6.90. The van der Waals surface area contributed by atoms with Gasteiger partial charge in [-0.1, -0.05) is 161 Å². The van der Waals surface area contributed by atoms with E-state index in [0.29, 0.717) is 0 Å². The van der Waals surface area contributed by atoms with Gasteiger partial charge in [-0.3, -0.25) is 0 Å². The largest absolute Gasteiger partial charge is 0.310 e. The van der Waals surface area contributed by atoms with Gasteiger partial charge in [-0.2, -0.15) is 0 Å². The quantitative estimate of drug-likeness (QED) is 0.152. The van der Waals surface area contributed by atoms with Crippen LogP contribution >= 0.6 is 0 Å². The van der Waals surface area contributed by atoms with Crippen molar-refractivity contribution in [1.82, 2.24) is 0 Å². The summed E-state index contributed by atoms with van der Waals surface area (Å²) in [6.45, 7) is 9.83. The third kappa shape index (κ3) is 6.82. The molecule has 2 aliphatic rings. The molecule has 0 N–H and O–H groups in total. The number of fused-ring (bicyclic) bond motifs is 4. The Morgan fingerprint density at radius 1 is 0.300 bits per heavy atom. The monoisotopic (exact) mass is 774 g/mol. The summed E-state index contributed by atoms with van der Waals surface area (Å²) >= 11 is 0. The van der Waals surface area contributed by atoms with E-state index < -0.39 is 0 Å². The molecule has 0 saturated heterocycles. The molecular weight excluding hydrogens is 725 g/mol. The molecule has 2 aliphatic carbocycles. The third-order valence-electron chi connectivity index (χ3n) is 12.6. The lowest BCUT2D eigenvalue weighted by molar-refractivity contribution is 0.445. The Morgan fingerprint density at radius 2 is 0.583 bits per heavy atom. The summed E-state index contributed by atoms with van der Waals surface area (Å²) in [5.74, 6) is 0. The Kier molecular flexibility index (Phi) is 9.37. The fraction of sp³-hybridized carbons (Fsp3) is 0.138. The van der Waals surface area contributed by atoms with Crippen molar-refractivity contribution in [2.24, 2.45) is 10.8 Å². The predicted molar refractivity (Wildman–Crippen MR) is 255 cm³/mol. The van der Waals surface area contributed by atoms with Crippen molar-refractivity contribution < 1.29 is 0 Å². The van der Waals surface area contributed by atoms with Crippen molar-refractivity contribution in [3.05, 3.63) is 229 Å². The van der Waals surface area contributed by atoms with Crippen molar-refractivity contribution in [2.75, 3.05) is 9.80 Å². The molecule has 10 rings (SSSR count). The third-order valence-corrected chi connectivity index (χ3v) is 12.6. The van der Waals surface area contributed by atoms with Crippen LogP contribution in [-0.2, 0) is 12.8 Å². The zero-order chi connectivity index (χ0) is 40.8. The second-order valence-electron chi connectivity index (χ2n) is 17.7. The van der Waals surface area contributed by atoms with E-state index in [2.05, 4.69) is 244 Å². The Bertz CT molecular complexity index is 2620. The van der Waals surface area contributed by atoms with E-state index in [1.807, 2.05) is 0 Å². The average molecular weight is 775 g/mol. The van der Waals surface area contributed by atoms with Crippen LogP contribution in [0, 0.1) is 10.8 Å². The smallest absolute Gasteiger partial charge is 0.0464 e. The number of anilines is 6. The zero-order valence-corrected chi connectivity index (χ0v) is 34.9. The molecule has 2 nitrogen and oxygen atoms in total. The van der Waals surface area contributed by atoms with Crippen LogP contribution in [0.15, 0.2) is 206 Å². The second kappa shape index (κ2) is 15.0. The molecule has 60 heavy (non-hydrogen) atoms. The van der Waals surface area contributed by atoms with E-state index in [9.17, 15) is 0 Å². The fourth-order valence-corrected chi connectivity index (χ4v) is 9.94. The number of rotatable bonds is 8. The van der Waals surface area contributed by atoms with Crippen molar-refractivity contribution in [3.8, 4) is 22.3 Å². The molecule has 0 spiro atoms. The maximum absolute atomic E-state index is 2.47. The molecule has 2 heteroatoms. The maximum atomic E-state index is 2.47. The number of hydrogen-bond donors (Lipinski definition) is 0. The molecule has 8 aromatic rings. The highest BCUT2D eigenvalue weighted by Gasteiger charge is 2.44. The minimum atomic E-state index is -0.0732. The topological polar surface area (TPSA) is 6.48 Å². The van der Waals surface area contributed by atoms with Crippen LogP contribution in [0.5, 0.6) is 0 Å². The zero-order valence-electron chi connectivity index (χ0n) is 34.9. The van der Waals surface area contributed by atoms with Crippen molar-refractivity contribution in [2.45, 2.75) is 40.5 Å². The first-order chi connectivity index (χ1) is 29.2. The van der Waals surface area contributed by atoms with Gasteiger partial charge in [0.15, 0.2) is 0 Å². The van der Waals surface area contributed by atoms with Crippen molar-refractivity contribution in [3.63, 3.8) is 0 Å². The number of allylic oxidation sites excluding steroid dienone is 2. The number of nitrogens with zero attached hydrogens (tertiary/aromatic N) is 2. The number of para-hydroxylation sites is 2. The summed E-state index contributed by atoms with van der Waals surface area (Å²) in [5, 5.41) is 0. The van der Waals surface area contributed by atoms with Gasteiger partial charge in [-0.15, -0.1) is 0 Å². The Balaban J connectivity index is 1.04. The lowest BCUT2D eigenvalue weighted by atomic mass is 9.57. The van der Waals surface area contributed by atoms with Gasteiger partial charge in [-0.05, 0) is 152 Å². The van der Waals surface area contributed by atoms with Crippen LogP contribution in [0.3, 0.4) is 0 Å². The minimum Gasteiger partial charge on any atom is -0.310 e. The van der Waals surface area contributed by atoms with Gasteiger partial charge in [-0.25, -0.2) is 0 Å². The summed E-state index contributed by atoms with van der Waals surface area (Å²) in [7, 11) is 0. The first kappa shape index (κ1) is 37.4. The molecule has 0 atom stereocenters. The average Bonchev–Trinajstić information content (AvgIpc) is 3.28. The van der Waals surface area contributed by atoms with Crippen LogP contribution in [0.1, 0.15) is 49.9 Å². The van der Waals surface area contributed by atoms with Crippen LogP contribution in [0.4, 0.5) is 34.1 Å². The van der Waals surface area contributed by atoms with Gasteiger partial charge in [0.05, 0.1) is 0 Å². The lowest BCUT2D eigenvalue weighted by Gasteiger charge is -2.47. The highest BCUT2D eigenvalue weighted by atomic mass is 15.1. The van der Waals surface area contributed by atoms with E-state index in [0.717, 1.165) is 35.6 Å². The van der Waals surface area contributed by atoms with E-state index >= 15 is 0 Å². The number of hydrogen-bond acceptors (Lipinski definition) is 2.